The summed E-state index contributed by atoms with van der Waals surface area (Å²) >= 11 is 2.58. The van der Waals surface area contributed by atoms with Crippen LogP contribution in [0, 0.1) is 0 Å². The zero-order valence-corrected chi connectivity index (χ0v) is 7.95. The van der Waals surface area contributed by atoms with Crippen LogP contribution in [0.25, 0.3) is 10.9 Å². The van der Waals surface area contributed by atoms with E-state index in [0.29, 0.717) is 10.9 Å². The normalized spacial score (nSPS) is 10.2. The first-order chi connectivity index (χ1) is 6.33. The molecule has 0 saturated heterocycles. The molecule has 0 unspecified atom stereocenters. The van der Waals surface area contributed by atoms with Gasteiger partial charge in [0.15, 0.2) is 16.3 Å². The van der Waals surface area contributed by atoms with Gasteiger partial charge in [0.1, 0.15) is 5.52 Å². The standard InChI is InChI=1S/C8H4BrNO3/c9-12-8(11)7-5-3-1-2-4-6(5)10-13-7/h1-4H. The zero-order valence-electron chi connectivity index (χ0n) is 6.36. The molecule has 5 heteroatoms. The summed E-state index contributed by atoms with van der Waals surface area (Å²) in [6, 6.07) is 7.10. The molecule has 1 aromatic heterocycles. The lowest BCUT2D eigenvalue weighted by molar-refractivity contribution is 0.0742. The van der Waals surface area contributed by atoms with Crippen LogP contribution in [0.5, 0.6) is 0 Å². The van der Waals surface area contributed by atoms with E-state index < -0.39 is 5.97 Å². The van der Waals surface area contributed by atoms with Gasteiger partial charge in [-0.15, -0.1) is 0 Å². The number of rotatable bonds is 1. The Kier molecular flexibility index (Phi) is 2.02. The quantitative estimate of drug-likeness (QED) is 0.769. The molecule has 1 aromatic carbocycles. The lowest BCUT2D eigenvalue weighted by Crippen LogP contribution is -1.95. The Morgan fingerprint density at radius 2 is 2.23 bits per heavy atom. The van der Waals surface area contributed by atoms with Crippen LogP contribution < -0.4 is 0 Å². The number of aromatic nitrogens is 1. The van der Waals surface area contributed by atoms with Gasteiger partial charge in [0.25, 0.3) is 5.76 Å². The van der Waals surface area contributed by atoms with E-state index in [2.05, 4.69) is 25.2 Å². The Labute approximate surface area is 81.9 Å². The largest absolute Gasteiger partial charge is 0.389 e. The monoisotopic (exact) mass is 241 g/mol. The van der Waals surface area contributed by atoms with Gasteiger partial charge in [-0.05, 0) is 12.1 Å². The highest BCUT2D eigenvalue weighted by atomic mass is 79.9. The zero-order chi connectivity index (χ0) is 9.26. The molecule has 0 spiro atoms. The second-order valence-corrected chi connectivity index (χ2v) is 2.72. The van der Waals surface area contributed by atoms with E-state index in [0.717, 1.165) is 0 Å². The maximum absolute atomic E-state index is 11.1. The third-order valence-corrected chi connectivity index (χ3v) is 1.93. The molecule has 1 heterocycles. The van der Waals surface area contributed by atoms with Crippen molar-refractivity contribution in [3.8, 4) is 0 Å². The summed E-state index contributed by atoms with van der Waals surface area (Å²) in [5, 5.41) is 4.34. The van der Waals surface area contributed by atoms with Crippen molar-refractivity contribution in [1.82, 2.24) is 5.16 Å². The van der Waals surface area contributed by atoms with E-state index in [1.165, 1.54) is 0 Å². The Hall–Kier alpha value is -1.36. The minimum atomic E-state index is -0.589. The van der Waals surface area contributed by atoms with Crippen molar-refractivity contribution in [2.75, 3.05) is 0 Å². The third-order valence-electron chi connectivity index (χ3n) is 1.64. The molecule has 66 valence electrons. The van der Waals surface area contributed by atoms with Crippen molar-refractivity contribution in [2.45, 2.75) is 0 Å². The minimum Gasteiger partial charge on any atom is -0.378 e. The number of nitrogens with zero attached hydrogens (tertiary/aromatic N) is 1. The van der Waals surface area contributed by atoms with Gasteiger partial charge in [-0.25, -0.2) is 4.79 Å². The fourth-order valence-corrected chi connectivity index (χ4v) is 1.22. The molecular weight excluding hydrogens is 238 g/mol. The van der Waals surface area contributed by atoms with E-state index in [1.807, 2.05) is 6.07 Å². The molecule has 2 aromatic rings. The molecule has 0 aliphatic heterocycles. The number of carbonyl (C=O) groups is 1. The summed E-state index contributed by atoms with van der Waals surface area (Å²) in [6.45, 7) is 0. The fraction of sp³-hybridized carbons (Fsp3) is 0. The third kappa shape index (κ3) is 1.31. The molecule has 2 rings (SSSR count). The summed E-state index contributed by atoms with van der Waals surface area (Å²) in [4.78, 5) is 11.1. The number of hydrogen-bond acceptors (Lipinski definition) is 4. The highest BCUT2D eigenvalue weighted by Crippen LogP contribution is 2.18. The summed E-state index contributed by atoms with van der Waals surface area (Å²) in [5.41, 5.74) is 0.635. The first kappa shape index (κ1) is 8.25. The van der Waals surface area contributed by atoms with E-state index in [1.54, 1.807) is 18.2 Å². The van der Waals surface area contributed by atoms with Crippen LogP contribution in [0.2, 0.25) is 0 Å². The molecule has 0 radical (unpaired) electrons. The number of hydrogen-bond donors (Lipinski definition) is 0. The van der Waals surface area contributed by atoms with Gasteiger partial charge in [-0.3, -0.25) is 0 Å². The fourth-order valence-electron chi connectivity index (χ4n) is 1.07. The van der Waals surface area contributed by atoms with Crippen molar-refractivity contribution in [3.63, 3.8) is 0 Å². The average molecular weight is 242 g/mol. The predicted octanol–water partition coefficient (Wildman–Crippen LogP) is 2.29. The van der Waals surface area contributed by atoms with Gasteiger partial charge in [-0.1, -0.05) is 17.3 Å². The highest BCUT2D eigenvalue weighted by molar-refractivity contribution is 9.06. The van der Waals surface area contributed by atoms with Gasteiger partial charge in [0, 0.05) is 0 Å². The lowest BCUT2D eigenvalue weighted by Gasteiger charge is -1.89. The molecule has 13 heavy (non-hydrogen) atoms. The smallest absolute Gasteiger partial charge is 0.378 e. The van der Waals surface area contributed by atoms with Crippen LogP contribution in [0.15, 0.2) is 28.8 Å². The van der Waals surface area contributed by atoms with E-state index in [9.17, 15) is 4.79 Å². The van der Waals surface area contributed by atoms with E-state index >= 15 is 0 Å². The van der Waals surface area contributed by atoms with Crippen LogP contribution in [0.1, 0.15) is 10.6 Å². The summed E-state index contributed by atoms with van der Waals surface area (Å²) in [6.07, 6.45) is 0. The number of benzene rings is 1. The molecule has 0 saturated carbocycles. The number of carbonyl (C=O) groups excluding carboxylic acids is 1. The molecule has 0 fully saturated rings. The molecule has 0 aliphatic rings. The second kappa shape index (κ2) is 3.18. The van der Waals surface area contributed by atoms with Gasteiger partial charge in [-0.2, -0.15) is 0 Å². The molecule has 0 amide bonds. The Morgan fingerprint density at radius 3 is 3.00 bits per heavy atom. The molecule has 0 N–H and O–H groups in total. The van der Waals surface area contributed by atoms with E-state index in [4.69, 9.17) is 4.52 Å². The summed E-state index contributed by atoms with van der Waals surface area (Å²) in [5.74, 6) is -0.485. The highest BCUT2D eigenvalue weighted by Gasteiger charge is 2.16. The second-order valence-electron chi connectivity index (χ2n) is 2.39. The van der Waals surface area contributed by atoms with Gasteiger partial charge in [0.05, 0.1) is 5.39 Å². The predicted molar refractivity (Wildman–Crippen MR) is 48.4 cm³/mol. The topological polar surface area (TPSA) is 52.3 Å². The van der Waals surface area contributed by atoms with Crippen LogP contribution in [0.3, 0.4) is 0 Å². The number of fused-ring (bicyclic) bond motifs is 1. The lowest BCUT2D eigenvalue weighted by atomic mass is 10.2. The van der Waals surface area contributed by atoms with Crippen LogP contribution in [0.4, 0.5) is 0 Å². The Morgan fingerprint density at radius 1 is 1.46 bits per heavy atom. The molecule has 4 nitrogen and oxygen atoms in total. The van der Waals surface area contributed by atoms with Crippen molar-refractivity contribution < 1.29 is 13.1 Å². The van der Waals surface area contributed by atoms with Crippen molar-refractivity contribution >= 4 is 33.1 Å². The summed E-state index contributed by atoms with van der Waals surface area (Å²) in [7, 11) is 0. The molecule has 0 bridgehead atoms. The van der Waals surface area contributed by atoms with Crippen molar-refractivity contribution in [3.05, 3.63) is 30.0 Å². The van der Waals surface area contributed by atoms with Gasteiger partial charge in [0.2, 0.25) is 0 Å². The first-order valence-electron chi connectivity index (χ1n) is 3.50. The van der Waals surface area contributed by atoms with Crippen molar-refractivity contribution in [2.24, 2.45) is 0 Å². The SMILES string of the molecule is O=C(OBr)c1onc2ccccc12. The Bertz CT molecular complexity index is 451. The van der Waals surface area contributed by atoms with Gasteiger partial charge < -0.3 is 8.35 Å². The first-order valence-corrected chi connectivity index (χ1v) is 4.15. The van der Waals surface area contributed by atoms with Gasteiger partial charge >= 0.3 is 5.97 Å². The van der Waals surface area contributed by atoms with Crippen molar-refractivity contribution in [1.29, 1.82) is 0 Å². The molecular formula is C8H4BrNO3. The maximum Gasteiger partial charge on any atom is 0.389 e. The maximum atomic E-state index is 11.1. The van der Waals surface area contributed by atoms with Crippen LogP contribution in [-0.4, -0.2) is 11.1 Å². The Balaban J connectivity index is 2.64. The molecule has 0 aliphatic carbocycles. The minimum absolute atomic E-state index is 0.104. The van der Waals surface area contributed by atoms with Crippen LogP contribution in [-0.2, 0) is 3.83 Å². The van der Waals surface area contributed by atoms with E-state index in [-0.39, 0.29) is 5.76 Å². The average Bonchev–Trinajstić information content (AvgIpc) is 2.60. The number of halogens is 1. The molecule has 0 atom stereocenters. The van der Waals surface area contributed by atoms with Crippen LogP contribution >= 0.6 is 16.3 Å². The summed E-state index contributed by atoms with van der Waals surface area (Å²) < 4.78 is 9.16.